The second-order valence-corrected chi connectivity index (χ2v) is 22.4. The number of hydrogen-bond acceptors (Lipinski definition) is 3. The summed E-state index contributed by atoms with van der Waals surface area (Å²) >= 11 is 0. The fourth-order valence-electron chi connectivity index (χ4n) is 15.9. The number of benzene rings is 1. The second kappa shape index (κ2) is 14.3. The molecule has 0 radical (unpaired) electrons. The molecule has 8 aliphatic rings. The van der Waals surface area contributed by atoms with Gasteiger partial charge in [-0.3, -0.25) is 4.79 Å². The quantitative estimate of drug-likeness (QED) is 0.180. The van der Waals surface area contributed by atoms with E-state index in [1.165, 1.54) is 93.8 Å². The zero-order valence-corrected chi connectivity index (χ0v) is 36.5. The smallest absolute Gasteiger partial charge is 0.315 e. The molecular formula is C53H74FNO2. The lowest BCUT2D eigenvalue weighted by molar-refractivity contribution is -0.221. The van der Waals surface area contributed by atoms with Gasteiger partial charge in [0.25, 0.3) is 0 Å². The first-order valence-corrected chi connectivity index (χ1v) is 23.5. The Balaban J connectivity index is 0.941. The molecule has 0 aliphatic heterocycles. The third-order valence-electron chi connectivity index (χ3n) is 19.4. The van der Waals surface area contributed by atoms with E-state index in [2.05, 4.69) is 71.7 Å². The summed E-state index contributed by atoms with van der Waals surface area (Å²) in [6, 6.07) is 9.74. The highest BCUT2D eigenvalue weighted by molar-refractivity contribution is 5.78. The van der Waals surface area contributed by atoms with Gasteiger partial charge in [-0.2, -0.15) is 0 Å². The number of allylic oxidation sites excluding steroid dienone is 6. The molecule has 9 rings (SSSR count). The number of carbonyl (C=O) groups excluding carboxylic acids is 1. The molecule has 0 aromatic heterocycles. The maximum absolute atomic E-state index is 14.8. The van der Waals surface area contributed by atoms with E-state index in [0.717, 1.165) is 42.7 Å². The van der Waals surface area contributed by atoms with Crippen LogP contribution in [0.5, 0.6) is 0 Å². The molecule has 1 aromatic carbocycles. The van der Waals surface area contributed by atoms with Gasteiger partial charge in [0, 0.05) is 12.1 Å². The van der Waals surface area contributed by atoms with Crippen LogP contribution in [-0.2, 0) is 16.1 Å². The molecule has 6 fully saturated rings. The molecule has 0 spiro atoms. The number of esters is 1. The van der Waals surface area contributed by atoms with Gasteiger partial charge in [-0.25, -0.2) is 4.39 Å². The molecule has 8 aliphatic carbocycles. The first-order valence-electron chi connectivity index (χ1n) is 23.5. The van der Waals surface area contributed by atoms with Crippen molar-refractivity contribution in [2.45, 2.75) is 156 Å². The number of hydrogen-bond donors (Lipinski definition) is 1. The van der Waals surface area contributed by atoms with Gasteiger partial charge in [0.15, 0.2) is 0 Å². The van der Waals surface area contributed by atoms with E-state index in [1.54, 1.807) is 0 Å². The zero-order chi connectivity index (χ0) is 40.0. The summed E-state index contributed by atoms with van der Waals surface area (Å²) in [6.07, 6.45) is 26.6. The molecular weight excluding hydrogens is 702 g/mol. The van der Waals surface area contributed by atoms with Gasteiger partial charge in [-0.05, 0) is 189 Å². The van der Waals surface area contributed by atoms with E-state index < -0.39 is 12.1 Å². The van der Waals surface area contributed by atoms with Crippen molar-refractivity contribution in [1.82, 2.24) is 5.32 Å². The van der Waals surface area contributed by atoms with Gasteiger partial charge >= 0.3 is 5.97 Å². The first-order chi connectivity index (χ1) is 27.2. The fourth-order valence-corrected chi connectivity index (χ4v) is 15.9. The van der Waals surface area contributed by atoms with Crippen molar-refractivity contribution >= 4 is 5.97 Å². The predicted molar refractivity (Wildman–Crippen MR) is 231 cm³/mol. The largest absolute Gasteiger partial charge is 0.460 e. The average Bonchev–Trinajstić information content (AvgIpc) is 4.15. The number of fused-ring (bicyclic) bond motifs is 7. The summed E-state index contributed by atoms with van der Waals surface area (Å²) in [6.45, 7) is 20.9. The van der Waals surface area contributed by atoms with Crippen molar-refractivity contribution in [3.05, 3.63) is 83.0 Å². The standard InChI is InChI=1S/C53H74FNO2/c1-35(2)40-21-29-53(55-32-24-41(37-13-14-37)38-15-16-38)31-30-50(6)43(46(40)53)17-18-45-49(5)25-22-42(48(3,4)44(49)23-26-51(45,50)7)39-19-27-52(34-54,28-20-39)47(56)57-33-36-11-9-8-10-12-36/h8-12,19,22,24,37-38,40,43-46,55H,1,13-18,20-21,23,25-34H2,2-7H3. The summed E-state index contributed by atoms with van der Waals surface area (Å²) in [5, 5.41) is 4.36. The Kier molecular flexibility index (Phi) is 10.1. The summed E-state index contributed by atoms with van der Waals surface area (Å²) < 4.78 is 20.5. The van der Waals surface area contributed by atoms with E-state index in [4.69, 9.17) is 4.74 Å². The Labute approximate surface area is 345 Å². The highest BCUT2D eigenvalue weighted by Crippen LogP contribution is 2.76. The van der Waals surface area contributed by atoms with Crippen LogP contribution < -0.4 is 5.32 Å². The third-order valence-corrected chi connectivity index (χ3v) is 19.4. The fraction of sp³-hybridized carbons (Fsp3) is 0.717. The van der Waals surface area contributed by atoms with Crippen LogP contribution in [0.25, 0.3) is 0 Å². The van der Waals surface area contributed by atoms with Crippen molar-refractivity contribution in [1.29, 1.82) is 0 Å². The number of nitrogens with one attached hydrogen (secondary N) is 1. The Morgan fingerprint density at radius 3 is 2.23 bits per heavy atom. The summed E-state index contributed by atoms with van der Waals surface area (Å²) in [4.78, 5) is 13.4. The van der Waals surface area contributed by atoms with Gasteiger partial charge in [0.05, 0.1) is 5.41 Å². The molecule has 10 unspecified atom stereocenters. The molecule has 0 heterocycles. The van der Waals surface area contributed by atoms with E-state index in [0.29, 0.717) is 47.3 Å². The van der Waals surface area contributed by atoms with Gasteiger partial charge < -0.3 is 10.1 Å². The van der Waals surface area contributed by atoms with Gasteiger partial charge in [0.2, 0.25) is 0 Å². The van der Waals surface area contributed by atoms with Gasteiger partial charge in [-0.1, -0.05) is 101 Å². The molecule has 4 heteroatoms. The highest BCUT2D eigenvalue weighted by atomic mass is 19.1. The maximum atomic E-state index is 14.8. The minimum absolute atomic E-state index is 0.0247. The zero-order valence-electron chi connectivity index (χ0n) is 36.5. The SMILES string of the molecule is C=C(C)C1CCC2(NCC=C(C3CC3)C3CC3)CCC3(C)C(CCC4C5(C)CC=C(C6=CCC(CF)(C(=O)OCc7ccccc7)CC6)C(C)(C)C5CCC43C)C12. The molecule has 57 heavy (non-hydrogen) atoms. The predicted octanol–water partition coefficient (Wildman–Crippen LogP) is 13.1. The number of ether oxygens (including phenoxy) is 1. The van der Waals surface area contributed by atoms with Crippen LogP contribution >= 0.6 is 0 Å². The second-order valence-electron chi connectivity index (χ2n) is 22.4. The normalized spacial score (nSPS) is 42.0. The van der Waals surface area contributed by atoms with Crippen molar-refractivity contribution in [3.63, 3.8) is 0 Å². The number of rotatable bonds is 11. The van der Waals surface area contributed by atoms with E-state index in [9.17, 15) is 9.18 Å². The van der Waals surface area contributed by atoms with Gasteiger partial charge in [0.1, 0.15) is 13.3 Å². The Bertz CT molecular complexity index is 1820. The van der Waals surface area contributed by atoms with Crippen molar-refractivity contribution in [3.8, 4) is 0 Å². The highest BCUT2D eigenvalue weighted by Gasteiger charge is 2.70. The molecule has 0 amide bonds. The summed E-state index contributed by atoms with van der Waals surface area (Å²) in [5.41, 5.74) is 7.09. The maximum Gasteiger partial charge on any atom is 0.315 e. The molecule has 6 saturated carbocycles. The molecule has 0 saturated heterocycles. The van der Waals surface area contributed by atoms with Crippen LogP contribution in [0, 0.1) is 68.5 Å². The average molecular weight is 776 g/mol. The van der Waals surface area contributed by atoms with Crippen molar-refractivity contribution in [2.24, 2.45) is 68.5 Å². The lowest BCUT2D eigenvalue weighted by Crippen LogP contribution is -2.68. The van der Waals surface area contributed by atoms with Crippen LogP contribution in [0.1, 0.15) is 150 Å². The molecule has 310 valence electrons. The first kappa shape index (κ1) is 40.0. The summed E-state index contributed by atoms with van der Waals surface area (Å²) in [7, 11) is 0. The van der Waals surface area contributed by atoms with Crippen molar-refractivity contribution < 1.29 is 13.9 Å². The number of halogens is 1. The number of alkyl halides is 1. The molecule has 1 aromatic rings. The molecule has 1 N–H and O–H groups in total. The molecule has 0 bridgehead atoms. The van der Waals surface area contributed by atoms with E-state index in [1.807, 2.05) is 35.9 Å². The van der Waals surface area contributed by atoms with Crippen LogP contribution in [0.2, 0.25) is 0 Å². The topological polar surface area (TPSA) is 38.3 Å². The van der Waals surface area contributed by atoms with E-state index >= 15 is 0 Å². The van der Waals surface area contributed by atoms with Gasteiger partial charge in [-0.15, -0.1) is 0 Å². The lowest BCUT2D eigenvalue weighted by atomic mass is 9.33. The minimum atomic E-state index is -1.07. The minimum Gasteiger partial charge on any atom is -0.460 e. The molecule has 10 atom stereocenters. The lowest BCUT2D eigenvalue weighted by Gasteiger charge is -2.72. The Morgan fingerprint density at radius 1 is 0.842 bits per heavy atom. The van der Waals surface area contributed by atoms with Crippen LogP contribution in [0.15, 0.2) is 77.4 Å². The Hall–Kier alpha value is -2.46. The number of carbonyl (C=O) groups is 1. The van der Waals surface area contributed by atoms with Crippen LogP contribution in [-0.4, -0.2) is 24.7 Å². The van der Waals surface area contributed by atoms with Crippen molar-refractivity contribution in [2.75, 3.05) is 13.2 Å². The van der Waals surface area contributed by atoms with Crippen LogP contribution in [0.4, 0.5) is 4.39 Å². The third kappa shape index (κ3) is 6.36. The summed E-state index contributed by atoms with van der Waals surface area (Å²) in [5.74, 6) is 4.78. The van der Waals surface area contributed by atoms with Crippen LogP contribution in [0.3, 0.4) is 0 Å². The Morgan fingerprint density at radius 2 is 1.58 bits per heavy atom. The monoisotopic (exact) mass is 776 g/mol. The molecule has 3 nitrogen and oxygen atoms in total. The van der Waals surface area contributed by atoms with E-state index in [-0.39, 0.29) is 28.9 Å².